The van der Waals surface area contributed by atoms with Crippen LogP contribution in [0.4, 0.5) is 5.69 Å². The molecule has 2 aromatic rings. The predicted molar refractivity (Wildman–Crippen MR) is 123 cm³/mol. The molecular weight excluding hydrogens is 372 g/mol. The predicted octanol–water partition coefficient (Wildman–Crippen LogP) is 3.10. The Hall–Kier alpha value is -2.37. The van der Waals surface area contributed by atoms with E-state index in [1.165, 1.54) is 5.69 Å². The third-order valence-corrected chi connectivity index (χ3v) is 6.67. The first-order chi connectivity index (χ1) is 14.6. The van der Waals surface area contributed by atoms with Gasteiger partial charge in [0, 0.05) is 58.0 Å². The summed E-state index contributed by atoms with van der Waals surface area (Å²) in [5, 5.41) is 0. The number of likely N-dealkylation sites (N-methyl/N-ethyl adjacent to an activating group) is 2. The molecule has 0 aromatic heterocycles. The highest BCUT2D eigenvalue weighted by Gasteiger charge is 2.35. The summed E-state index contributed by atoms with van der Waals surface area (Å²) in [5.74, 6) is 0.227. The van der Waals surface area contributed by atoms with Gasteiger partial charge in [-0.1, -0.05) is 48.5 Å². The molecule has 2 aliphatic heterocycles. The highest BCUT2D eigenvalue weighted by atomic mass is 16.2. The molecule has 0 radical (unpaired) electrons. The number of nitrogens with zero attached hydrogens (tertiary/aromatic N) is 4. The minimum atomic E-state index is -0.197. The van der Waals surface area contributed by atoms with Crippen LogP contribution in [0.25, 0.3) is 0 Å². The number of amides is 1. The molecule has 0 N–H and O–H groups in total. The number of benzene rings is 2. The highest BCUT2D eigenvalue weighted by molar-refractivity contribution is 5.83. The molecule has 2 fully saturated rings. The SMILES string of the molecule is CN1CCN(C(C(=O)N(C)C2CCCN(c3ccccc3)C2)c2ccccc2)CC1. The molecule has 4 rings (SSSR count). The number of hydrogen-bond acceptors (Lipinski definition) is 4. The van der Waals surface area contributed by atoms with Crippen molar-refractivity contribution in [2.24, 2.45) is 0 Å². The van der Waals surface area contributed by atoms with Crippen molar-refractivity contribution in [2.75, 3.05) is 58.3 Å². The number of anilines is 1. The summed E-state index contributed by atoms with van der Waals surface area (Å²) in [4.78, 5) is 23.0. The first-order valence-corrected chi connectivity index (χ1v) is 11.2. The third-order valence-electron chi connectivity index (χ3n) is 6.67. The van der Waals surface area contributed by atoms with Gasteiger partial charge in [0.1, 0.15) is 6.04 Å². The maximum absolute atomic E-state index is 13.8. The summed E-state index contributed by atoms with van der Waals surface area (Å²) in [5.41, 5.74) is 2.36. The van der Waals surface area contributed by atoms with E-state index < -0.39 is 0 Å². The van der Waals surface area contributed by atoms with Crippen molar-refractivity contribution in [3.05, 3.63) is 66.2 Å². The molecule has 2 heterocycles. The Balaban J connectivity index is 1.52. The Morgan fingerprint density at radius 1 is 0.933 bits per heavy atom. The normalized spacial score (nSPS) is 21.9. The van der Waals surface area contributed by atoms with Crippen LogP contribution in [0.15, 0.2) is 60.7 Å². The molecule has 2 atom stereocenters. The molecule has 2 saturated heterocycles. The molecule has 0 bridgehead atoms. The molecule has 2 aromatic carbocycles. The van der Waals surface area contributed by atoms with Gasteiger partial charge in [0.2, 0.25) is 5.91 Å². The first-order valence-electron chi connectivity index (χ1n) is 11.2. The zero-order valence-electron chi connectivity index (χ0n) is 18.3. The van der Waals surface area contributed by atoms with Gasteiger partial charge in [-0.15, -0.1) is 0 Å². The van der Waals surface area contributed by atoms with Crippen LogP contribution in [0, 0.1) is 0 Å². The van der Waals surface area contributed by atoms with Gasteiger partial charge in [-0.05, 0) is 37.6 Å². The lowest BCUT2D eigenvalue weighted by Gasteiger charge is -2.43. The Bertz CT molecular complexity index is 804. The lowest BCUT2D eigenvalue weighted by atomic mass is 9.99. The van der Waals surface area contributed by atoms with Crippen LogP contribution in [0.5, 0.6) is 0 Å². The zero-order chi connectivity index (χ0) is 20.9. The van der Waals surface area contributed by atoms with Crippen LogP contribution in [0.1, 0.15) is 24.4 Å². The maximum Gasteiger partial charge on any atom is 0.244 e. The number of piperazine rings is 1. The standard InChI is InChI=1S/C25H34N4O/c1-26-16-18-28(19-17-26)24(21-10-5-3-6-11-21)25(30)27(2)23-14-9-15-29(20-23)22-12-7-4-8-13-22/h3-8,10-13,23-24H,9,14-20H2,1-2H3. The Kier molecular flexibility index (Phi) is 6.70. The van der Waals surface area contributed by atoms with E-state index in [-0.39, 0.29) is 18.0 Å². The molecule has 0 spiro atoms. The van der Waals surface area contributed by atoms with E-state index >= 15 is 0 Å². The van der Waals surface area contributed by atoms with E-state index in [9.17, 15) is 4.79 Å². The van der Waals surface area contributed by atoms with Gasteiger partial charge in [-0.2, -0.15) is 0 Å². The number of carbonyl (C=O) groups excluding carboxylic acids is 1. The van der Waals surface area contributed by atoms with Crippen molar-refractivity contribution in [3.63, 3.8) is 0 Å². The van der Waals surface area contributed by atoms with Gasteiger partial charge in [0.15, 0.2) is 0 Å². The summed E-state index contributed by atoms with van der Waals surface area (Å²) in [6.45, 7) is 5.82. The van der Waals surface area contributed by atoms with E-state index in [4.69, 9.17) is 0 Å². The largest absolute Gasteiger partial charge is 0.369 e. The Labute approximate surface area is 180 Å². The second-order valence-electron chi connectivity index (χ2n) is 8.68. The summed E-state index contributed by atoms with van der Waals surface area (Å²) >= 11 is 0. The Morgan fingerprint density at radius 3 is 2.23 bits per heavy atom. The van der Waals surface area contributed by atoms with Crippen molar-refractivity contribution < 1.29 is 4.79 Å². The number of para-hydroxylation sites is 1. The van der Waals surface area contributed by atoms with E-state index in [0.29, 0.717) is 0 Å². The van der Waals surface area contributed by atoms with E-state index in [1.54, 1.807) is 0 Å². The zero-order valence-corrected chi connectivity index (χ0v) is 18.3. The fourth-order valence-electron chi connectivity index (χ4n) is 4.74. The fraction of sp³-hybridized carbons (Fsp3) is 0.480. The molecular formula is C25H34N4O. The molecule has 160 valence electrons. The Morgan fingerprint density at radius 2 is 1.57 bits per heavy atom. The van der Waals surface area contributed by atoms with Crippen LogP contribution >= 0.6 is 0 Å². The lowest BCUT2D eigenvalue weighted by molar-refractivity contribution is -0.139. The minimum Gasteiger partial charge on any atom is -0.369 e. The van der Waals surface area contributed by atoms with Crippen molar-refractivity contribution in [1.82, 2.24) is 14.7 Å². The maximum atomic E-state index is 13.8. The monoisotopic (exact) mass is 406 g/mol. The molecule has 2 unspecified atom stereocenters. The third kappa shape index (κ3) is 4.68. The number of rotatable bonds is 5. The topological polar surface area (TPSA) is 30.0 Å². The van der Waals surface area contributed by atoms with Crippen LogP contribution in [0.2, 0.25) is 0 Å². The number of carbonyl (C=O) groups is 1. The smallest absolute Gasteiger partial charge is 0.244 e. The van der Waals surface area contributed by atoms with Crippen molar-refractivity contribution >= 4 is 11.6 Å². The van der Waals surface area contributed by atoms with Crippen LogP contribution in [-0.2, 0) is 4.79 Å². The van der Waals surface area contributed by atoms with Gasteiger partial charge in [0.05, 0.1) is 0 Å². The average molecular weight is 407 g/mol. The summed E-state index contributed by atoms with van der Waals surface area (Å²) < 4.78 is 0. The quantitative estimate of drug-likeness (QED) is 0.763. The molecule has 5 heteroatoms. The van der Waals surface area contributed by atoms with Crippen LogP contribution < -0.4 is 4.90 Å². The molecule has 2 aliphatic rings. The van der Waals surface area contributed by atoms with Crippen LogP contribution in [-0.4, -0.2) is 80.0 Å². The van der Waals surface area contributed by atoms with Crippen LogP contribution in [0.3, 0.4) is 0 Å². The summed E-state index contributed by atoms with van der Waals surface area (Å²) in [6.07, 6.45) is 2.18. The van der Waals surface area contributed by atoms with Crippen molar-refractivity contribution in [2.45, 2.75) is 24.9 Å². The number of hydrogen-bond donors (Lipinski definition) is 0. The summed E-state index contributed by atoms with van der Waals surface area (Å²) in [6, 6.07) is 20.9. The first kappa shape index (κ1) is 20.9. The van der Waals surface area contributed by atoms with E-state index in [2.05, 4.69) is 64.2 Å². The van der Waals surface area contributed by atoms with Gasteiger partial charge in [-0.25, -0.2) is 0 Å². The average Bonchev–Trinajstić information content (AvgIpc) is 2.81. The van der Waals surface area contributed by atoms with E-state index in [1.807, 2.05) is 30.1 Å². The van der Waals surface area contributed by atoms with Gasteiger partial charge < -0.3 is 14.7 Å². The molecule has 30 heavy (non-hydrogen) atoms. The molecule has 0 aliphatic carbocycles. The van der Waals surface area contributed by atoms with E-state index in [0.717, 1.165) is 57.7 Å². The highest BCUT2D eigenvalue weighted by Crippen LogP contribution is 2.28. The van der Waals surface area contributed by atoms with Gasteiger partial charge in [0.25, 0.3) is 0 Å². The van der Waals surface area contributed by atoms with Gasteiger partial charge >= 0.3 is 0 Å². The minimum absolute atomic E-state index is 0.197. The molecule has 5 nitrogen and oxygen atoms in total. The molecule has 0 saturated carbocycles. The fourth-order valence-corrected chi connectivity index (χ4v) is 4.74. The lowest BCUT2D eigenvalue weighted by Crippen LogP contribution is -2.54. The van der Waals surface area contributed by atoms with Crippen molar-refractivity contribution in [3.8, 4) is 0 Å². The second-order valence-corrected chi connectivity index (χ2v) is 8.68. The van der Waals surface area contributed by atoms with Gasteiger partial charge in [-0.3, -0.25) is 9.69 Å². The molecule has 1 amide bonds. The number of piperidine rings is 1. The van der Waals surface area contributed by atoms with Crippen molar-refractivity contribution in [1.29, 1.82) is 0 Å². The summed E-state index contributed by atoms with van der Waals surface area (Å²) in [7, 11) is 4.16. The second kappa shape index (κ2) is 9.63.